The number of hydrogen-bond acceptors (Lipinski definition) is 4. The molecule has 24 heavy (non-hydrogen) atoms. The number of piperazine rings is 1. The first kappa shape index (κ1) is 17.2. The minimum Gasteiger partial charge on any atom is -0.497 e. The van der Waals surface area contributed by atoms with Crippen molar-refractivity contribution in [2.75, 3.05) is 39.9 Å². The summed E-state index contributed by atoms with van der Waals surface area (Å²) in [7, 11) is 1.69. The van der Waals surface area contributed by atoms with Crippen LogP contribution in [0.1, 0.15) is 31.2 Å². The minimum absolute atomic E-state index is 0.284. The Labute approximate surface area is 144 Å². The second-order valence-electron chi connectivity index (χ2n) is 6.68. The summed E-state index contributed by atoms with van der Waals surface area (Å²) in [6, 6.07) is 8.20. The maximum absolute atomic E-state index is 12.3. The summed E-state index contributed by atoms with van der Waals surface area (Å²) in [5.41, 5.74) is 1.26. The fourth-order valence-electron chi connectivity index (χ4n) is 3.50. The highest BCUT2D eigenvalue weighted by Gasteiger charge is 2.23. The molecule has 2 heterocycles. The molecule has 2 aliphatic heterocycles. The molecule has 5 nitrogen and oxygen atoms in total. The van der Waals surface area contributed by atoms with E-state index in [-0.39, 0.29) is 5.91 Å². The Bertz CT molecular complexity index is 535. The number of carbonyl (C=O) groups is 1. The number of carbonyl (C=O) groups excluding carboxylic acids is 1. The van der Waals surface area contributed by atoms with Gasteiger partial charge < -0.3 is 14.4 Å². The van der Waals surface area contributed by atoms with E-state index in [0.717, 1.165) is 64.3 Å². The van der Waals surface area contributed by atoms with Crippen LogP contribution < -0.4 is 4.74 Å². The van der Waals surface area contributed by atoms with Crippen LogP contribution in [-0.2, 0) is 16.1 Å². The normalized spacial score (nSPS) is 21.9. The van der Waals surface area contributed by atoms with Crippen molar-refractivity contribution in [3.8, 4) is 5.75 Å². The fraction of sp³-hybridized carbons (Fsp3) is 0.632. The van der Waals surface area contributed by atoms with Crippen LogP contribution in [0.15, 0.2) is 24.3 Å². The van der Waals surface area contributed by atoms with E-state index in [0.29, 0.717) is 12.5 Å². The van der Waals surface area contributed by atoms with Crippen LogP contribution in [0.5, 0.6) is 5.75 Å². The number of hydrogen-bond donors (Lipinski definition) is 0. The molecule has 0 unspecified atom stereocenters. The lowest BCUT2D eigenvalue weighted by atomic mass is 10.1. The number of benzene rings is 1. The van der Waals surface area contributed by atoms with Crippen molar-refractivity contribution in [3.05, 3.63) is 29.8 Å². The Balaban J connectivity index is 1.40. The summed E-state index contributed by atoms with van der Waals surface area (Å²) in [6.45, 7) is 5.30. The van der Waals surface area contributed by atoms with E-state index in [1.165, 1.54) is 5.56 Å². The van der Waals surface area contributed by atoms with E-state index >= 15 is 0 Å². The Morgan fingerprint density at radius 3 is 2.83 bits per heavy atom. The van der Waals surface area contributed by atoms with Crippen molar-refractivity contribution < 1.29 is 14.3 Å². The van der Waals surface area contributed by atoms with Crippen LogP contribution in [0.4, 0.5) is 0 Å². The van der Waals surface area contributed by atoms with Gasteiger partial charge in [0.1, 0.15) is 5.75 Å². The van der Waals surface area contributed by atoms with Crippen LogP contribution in [-0.4, -0.2) is 61.7 Å². The molecule has 1 aromatic carbocycles. The Morgan fingerprint density at radius 2 is 2.12 bits per heavy atom. The van der Waals surface area contributed by atoms with Crippen molar-refractivity contribution in [1.29, 1.82) is 0 Å². The summed E-state index contributed by atoms with van der Waals surface area (Å²) < 4.78 is 10.9. The molecular formula is C19H28N2O3. The van der Waals surface area contributed by atoms with Gasteiger partial charge >= 0.3 is 0 Å². The van der Waals surface area contributed by atoms with E-state index in [4.69, 9.17) is 9.47 Å². The van der Waals surface area contributed by atoms with Gasteiger partial charge in [0.25, 0.3) is 0 Å². The topological polar surface area (TPSA) is 42.0 Å². The summed E-state index contributed by atoms with van der Waals surface area (Å²) in [5, 5.41) is 0. The molecule has 3 rings (SSSR count). The third-order valence-electron chi connectivity index (χ3n) is 4.97. The van der Waals surface area contributed by atoms with Crippen LogP contribution in [0.25, 0.3) is 0 Å². The van der Waals surface area contributed by atoms with Crippen LogP contribution in [0.2, 0.25) is 0 Å². The summed E-state index contributed by atoms with van der Waals surface area (Å²) >= 11 is 0. The first-order chi connectivity index (χ1) is 11.7. The zero-order valence-corrected chi connectivity index (χ0v) is 14.6. The third kappa shape index (κ3) is 4.71. The van der Waals surface area contributed by atoms with Gasteiger partial charge in [-0.1, -0.05) is 12.1 Å². The van der Waals surface area contributed by atoms with Crippen molar-refractivity contribution in [2.24, 2.45) is 0 Å². The number of nitrogens with zero attached hydrogens (tertiary/aromatic N) is 2. The van der Waals surface area contributed by atoms with Gasteiger partial charge in [0.15, 0.2) is 0 Å². The van der Waals surface area contributed by atoms with E-state index < -0.39 is 0 Å². The number of methoxy groups -OCH3 is 1. The molecule has 1 aromatic rings. The maximum Gasteiger partial charge on any atom is 0.222 e. The zero-order chi connectivity index (χ0) is 16.8. The van der Waals surface area contributed by atoms with Gasteiger partial charge in [-0.25, -0.2) is 0 Å². The summed E-state index contributed by atoms with van der Waals surface area (Å²) in [6.07, 6.45) is 4.07. The minimum atomic E-state index is 0.284. The quantitative estimate of drug-likeness (QED) is 0.802. The molecule has 0 bridgehead atoms. The van der Waals surface area contributed by atoms with Gasteiger partial charge in [0.2, 0.25) is 5.91 Å². The second kappa shape index (κ2) is 8.49. The summed E-state index contributed by atoms with van der Waals surface area (Å²) in [5.74, 6) is 1.18. The molecule has 132 valence electrons. The number of rotatable bonds is 6. The molecule has 0 N–H and O–H groups in total. The smallest absolute Gasteiger partial charge is 0.222 e. The van der Waals surface area contributed by atoms with E-state index in [1.54, 1.807) is 7.11 Å². The molecule has 0 saturated carbocycles. The van der Waals surface area contributed by atoms with Gasteiger partial charge in [-0.05, 0) is 37.0 Å². The average molecular weight is 332 g/mol. The van der Waals surface area contributed by atoms with E-state index in [1.807, 2.05) is 17.0 Å². The molecule has 5 heteroatoms. The molecule has 0 aliphatic carbocycles. The highest BCUT2D eigenvalue weighted by Crippen LogP contribution is 2.18. The monoisotopic (exact) mass is 332 g/mol. The molecule has 1 amide bonds. The van der Waals surface area contributed by atoms with Gasteiger partial charge in [0, 0.05) is 45.8 Å². The molecular weight excluding hydrogens is 304 g/mol. The lowest BCUT2D eigenvalue weighted by Crippen LogP contribution is -2.48. The molecule has 2 fully saturated rings. The van der Waals surface area contributed by atoms with Crippen molar-refractivity contribution in [3.63, 3.8) is 0 Å². The first-order valence-electron chi connectivity index (χ1n) is 8.99. The molecule has 0 radical (unpaired) electrons. The van der Waals surface area contributed by atoms with Crippen LogP contribution in [0, 0.1) is 0 Å². The Hall–Kier alpha value is -1.59. The largest absolute Gasteiger partial charge is 0.497 e. The predicted molar refractivity (Wildman–Crippen MR) is 93.1 cm³/mol. The lowest BCUT2D eigenvalue weighted by molar-refractivity contribution is -0.133. The van der Waals surface area contributed by atoms with Crippen molar-refractivity contribution in [2.45, 2.75) is 38.3 Å². The zero-order valence-electron chi connectivity index (χ0n) is 14.6. The maximum atomic E-state index is 12.3. The Morgan fingerprint density at radius 1 is 1.29 bits per heavy atom. The fourth-order valence-corrected chi connectivity index (χ4v) is 3.50. The SMILES string of the molecule is COc1cccc(CN2CCN(C(=O)CC[C@@H]3CCCO3)CC2)c1. The van der Waals surface area contributed by atoms with Gasteiger partial charge in [-0.3, -0.25) is 9.69 Å². The predicted octanol–water partition coefficient (Wildman–Crippen LogP) is 2.30. The third-order valence-corrected chi connectivity index (χ3v) is 4.97. The van der Waals surface area contributed by atoms with Crippen molar-refractivity contribution in [1.82, 2.24) is 9.80 Å². The highest BCUT2D eigenvalue weighted by molar-refractivity contribution is 5.76. The van der Waals surface area contributed by atoms with E-state index in [2.05, 4.69) is 17.0 Å². The van der Waals surface area contributed by atoms with Gasteiger partial charge in [0.05, 0.1) is 13.2 Å². The van der Waals surface area contributed by atoms with Crippen LogP contribution >= 0.6 is 0 Å². The van der Waals surface area contributed by atoms with E-state index in [9.17, 15) is 4.79 Å². The molecule has 0 aromatic heterocycles. The number of amides is 1. The Kier molecular flexibility index (Phi) is 6.10. The highest BCUT2D eigenvalue weighted by atomic mass is 16.5. The first-order valence-corrected chi connectivity index (χ1v) is 8.99. The second-order valence-corrected chi connectivity index (χ2v) is 6.68. The van der Waals surface area contributed by atoms with Gasteiger partial charge in [-0.2, -0.15) is 0 Å². The van der Waals surface area contributed by atoms with Crippen LogP contribution in [0.3, 0.4) is 0 Å². The van der Waals surface area contributed by atoms with Crippen molar-refractivity contribution >= 4 is 5.91 Å². The average Bonchev–Trinajstić information content (AvgIpc) is 3.14. The standard InChI is InChI=1S/C19H28N2O3/c1-23-18-5-2-4-16(14-18)15-20-9-11-21(12-10-20)19(22)8-7-17-6-3-13-24-17/h2,4-5,14,17H,3,6-13,15H2,1H3/t17-/m0/s1. The molecule has 0 spiro atoms. The van der Waals surface area contributed by atoms with Gasteiger partial charge in [-0.15, -0.1) is 0 Å². The number of ether oxygens (including phenoxy) is 2. The lowest BCUT2D eigenvalue weighted by Gasteiger charge is -2.35. The summed E-state index contributed by atoms with van der Waals surface area (Å²) in [4.78, 5) is 16.8. The molecule has 2 saturated heterocycles. The molecule has 1 atom stereocenters. The molecule has 2 aliphatic rings.